The molecule has 0 bridgehead atoms. The fourth-order valence-corrected chi connectivity index (χ4v) is 2.30. The summed E-state index contributed by atoms with van der Waals surface area (Å²) in [4.78, 5) is 12.1. The van der Waals surface area contributed by atoms with Crippen molar-refractivity contribution in [2.24, 2.45) is 5.92 Å². The molecule has 0 aromatic heterocycles. The Hall–Kier alpha value is -1.71. The molecule has 1 aromatic rings. The summed E-state index contributed by atoms with van der Waals surface area (Å²) in [5.41, 5.74) is 1.53. The van der Waals surface area contributed by atoms with Crippen LogP contribution in [0.5, 0.6) is 17.2 Å². The van der Waals surface area contributed by atoms with E-state index >= 15 is 0 Å². The molecule has 1 aliphatic carbocycles. The first kappa shape index (κ1) is 11.8. The average molecular weight is 236 g/mol. The lowest BCUT2D eigenvalue weighted by molar-refractivity contribution is 0.0943. The summed E-state index contributed by atoms with van der Waals surface area (Å²) < 4.78 is 15.8. The van der Waals surface area contributed by atoms with Gasteiger partial charge in [0.1, 0.15) is 5.75 Å². The summed E-state index contributed by atoms with van der Waals surface area (Å²) in [5, 5.41) is 0. The minimum atomic E-state index is -0.0279. The maximum Gasteiger partial charge on any atom is 0.172 e. The van der Waals surface area contributed by atoms with Crippen LogP contribution in [-0.2, 0) is 6.42 Å². The number of carbonyl (C=O) groups is 1. The number of hydrogen-bond donors (Lipinski definition) is 0. The zero-order valence-electron chi connectivity index (χ0n) is 10.5. The highest BCUT2D eigenvalue weighted by Gasteiger charge is 2.34. The standard InChI is InChI=1S/C13H16O4/c1-7-5-8-9(15-2)6-10(16-3)13(17-4)11(8)12(7)14/h6-7H,5H2,1-4H3. The molecule has 4 nitrogen and oxygen atoms in total. The quantitative estimate of drug-likeness (QED) is 0.806. The first-order valence-corrected chi connectivity index (χ1v) is 5.50. The van der Waals surface area contributed by atoms with Crippen LogP contribution in [0.25, 0.3) is 0 Å². The van der Waals surface area contributed by atoms with Crippen LogP contribution in [0.4, 0.5) is 0 Å². The minimum absolute atomic E-state index is 0.0279. The summed E-state index contributed by atoms with van der Waals surface area (Å²) in [5.74, 6) is 1.80. The van der Waals surface area contributed by atoms with Crippen molar-refractivity contribution in [1.29, 1.82) is 0 Å². The van der Waals surface area contributed by atoms with Crippen LogP contribution in [-0.4, -0.2) is 27.1 Å². The molecular formula is C13H16O4. The number of ether oxygens (including phenoxy) is 3. The van der Waals surface area contributed by atoms with Gasteiger partial charge < -0.3 is 14.2 Å². The lowest BCUT2D eigenvalue weighted by Crippen LogP contribution is -2.05. The third-order valence-electron chi connectivity index (χ3n) is 3.16. The van der Waals surface area contributed by atoms with Crippen LogP contribution >= 0.6 is 0 Å². The van der Waals surface area contributed by atoms with E-state index in [4.69, 9.17) is 14.2 Å². The molecule has 17 heavy (non-hydrogen) atoms. The van der Waals surface area contributed by atoms with Gasteiger partial charge in [0.2, 0.25) is 0 Å². The number of benzene rings is 1. The van der Waals surface area contributed by atoms with Gasteiger partial charge in [-0.2, -0.15) is 0 Å². The Morgan fingerprint density at radius 3 is 2.29 bits per heavy atom. The summed E-state index contributed by atoms with van der Waals surface area (Å²) in [6.45, 7) is 1.91. The molecule has 0 saturated heterocycles. The number of methoxy groups -OCH3 is 3. The molecule has 1 unspecified atom stereocenters. The number of fused-ring (bicyclic) bond motifs is 1. The molecule has 2 rings (SSSR count). The van der Waals surface area contributed by atoms with Crippen molar-refractivity contribution >= 4 is 5.78 Å². The molecule has 0 aliphatic heterocycles. The van der Waals surface area contributed by atoms with E-state index in [1.165, 1.54) is 0 Å². The maximum atomic E-state index is 12.1. The molecule has 0 saturated carbocycles. The van der Waals surface area contributed by atoms with Gasteiger partial charge in [-0.1, -0.05) is 6.92 Å². The second-order valence-corrected chi connectivity index (χ2v) is 4.14. The molecule has 0 heterocycles. The second kappa shape index (κ2) is 4.28. The van der Waals surface area contributed by atoms with Gasteiger partial charge in [-0.15, -0.1) is 0 Å². The van der Waals surface area contributed by atoms with Gasteiger partial charge in [-0.25, -0.2) is 0 Å². The molecule has 1 aromatic carbocycles. The first-order valence-electron chi connectivity index (χ1n) is 5.50. The van der Waals surface area contributed by atoms with E-state index in [-0.39, 0.29) is 11.7 Å². The number of carbonyl (C=O) groups excluding carboxylic acids is 1. The highest BCUT2D eigenvalue weighted by molar-refractivity contribution is 6.06. The Balaban J connectivity index is 2.71. The predicted molar refractivity (Wildman–Crippen MR) is 63.3 cm³/mol. The summed E-state index contributed by atoms with van der Waals surface area (Å²) in [6.07, 6.45) is 0.692. The van der Waals surface area contributed by atoms with Crippen LogP contribution in [0.15, 0.2) is 6.07 Å². The van der Waals surface area contributed by atoms with E-state index in [0.717, 1.165) is 5.56 Å². The van der Waals surface area contributed by atoms with E-state index in [2.05, 4.69) is 0 Å². The number of Topliss-reactive ketones (excluding diaryl/α,β-unsaturated/α-hetero) is 1. The Morgan fingerprint density at radius 1 is 1.12 bits per heavy atom. The van der Waals surface area contributed by atoms with E-state index in [0.29, 0.717) is 29.2 Å². The average Bonchev–Trinajstić information content (AvgIpc) is 2.64. The molecule has 1 aliphatic rings. The normalized spacial score (nSPS) is 17.9. The molecule has 4 heteroatoms. The lowest BCUT2D eigenvalue weighted by Gasteiger charge is -2.14. The first-order chi connectivity index (χ1) is 8.13. The highest BCUT2D eigenvalue weighted by Crippen LogP contribution is 2.45. The van der Waals surface area contributed by atoms with Gasteiger partial charge in [0.05, 0.1) is 26.9 Å². The van der Waals surface area contributed by atoms with Gasteiger partial charge in [0.25, 0.3) is 0 Å². The van der Waals surface area contributed by atoms with Gasteiger partial charge in [-0.3, -0.25) is 4.79 Å². The van der Waals surface area contributed by atoms with E-state index in [9.17, 15) is 4.79 Å². The Kier molecular flexibility index (Phi) is 2.96. The fourth-order valence-electron chi connectivity index (χ4n) is 2.30. The smallest absolute Gasteiger partial charge is 0.172 e. The molecule has 92 valence electrons. The summed E-state index contributed by atoms with van der Waals surface area (Å²) in [7, 11) is 4.68. The SMILES string of the molecule is COc1cc(OC)c(OC)c2c1CC(C)C2=O. The van der Waals surface area contributed by atoms with E-state index < -0.39 is 0 Å². The Morgan fingerprint density at radius 2 is 1.76 bits per heavy atom. The van der Waals surface area contributed by atoms with Crippen LogP contribution in [0.1, 0.15) is 22.8 Å². The third-order valence-corrected chi connectivity index (χ3v) is 3.16. The van der Waals surface area contributed by atoms with E-state index in [1.54, 1.807) is 27.4 Å². The maximum absolute atomic E-state index is 12.1. The molecule has 0 spiro atoms. The van der Waals surface area contributed by atoms with Crippen LogP contribution in [0.2, 0.25) is 0 Å². The summed E-state index contributed by atoms with van der Waals surface area (Å²) in [6, 6.07) is 1.77. The van der Waals surface area contributed by atoms with Crippen molar-refractivity contribution < 1.29 is 19.0 Å². The summed E-state index contributed by atoms with van der Waals surface area (Å²) >= 11 is 0. The van der Waals surface area contributed by atoms with Crippen molar-refractivity contribution in [3.05, 3.63) is 17.2 Å². The number of hydrogen-bond acceptors (Lipinski definition) is 4. The largest absolute Gasteiger partial charge is 0.496 e. The fraction of sp³-hybridized carbons (Fsp3) is 0.462. The van der Waals surface area contributed by atoms with Gasteiger partial charge >= 0.3 is 0 Å². The van der Waals surface area contributed by atoms with Crippen molar-refractivity contribution in [3.8, 4) is 17.2 Å². The minimum Gasteiger partial charge on any atom is -0.496 e. The van der Waals surface area contributed by atoms with Crippen LogP contribution in [0.3, 0.4) is 0 Å². The molecular weight excluding hydrogens is 220 g/mol. The molecule has 1 atom stereocenters. The van der Waals surface area contributed by atoms with Crippen LogP contribution in [0, 0.1) is 5.92 Å². The third kappa shape index (κ3) is 1.64. The Labute approximate surface area is 100 Å². The van der Waals surface area contributed by atoms with Crippen molar-refractivity contribution in [2.75, 3.05) is 21.3 Å². The molecule has 0 radical (unpaired) electrons. The van der Waals surface area contributed by atoms with Gasteiger partial charge in [0, 0.05) is 17.5 Å². The lowest BCUT2D eigenvalue weighted by atomic mass is 10.1. The predicted octanol–water partition coefficient (Wildman–Crippen LogP) is 2.09. The number of rotatable bonds is 3. The second-order valence-electron chi connectivity index (χ2n) is 4.14. The van der Waals surface area contributed by atoms with Crippen molar-refractivity contribution in [2.45, 2.75) is 13.3 Å². The number of ketones is 1. The van der Waals surface area contributed by atoms with Gasteiger partial charge in [-0.05, 0) is 6.42 Å². The zero-order chi connectivity index (χ0) is 12.6. The topological polar surface area (TPSA) is 44.8 Å². The van der Waals surface area contributed by atoms with Crippen LogP contribution < -0.4 is 14.2 Å². The van der Waals surface area contributed by atoms with Gasteiger partial charge in [0.15, 0.2) is 17.3 Å². The monoisotopic (exact) mass is 236 g/mol. The molecule has 0 N–H and O–H groups in total. The van der Waals surface area contributed by atoms with E-state index in [1.807, 2.05) is 6.92 Å². The van der Waals surface area contributed by atoms with Crippen molar-refractivity contribution in [3.63, 3.8) is 0 Å². The Bertz CT molecular complexity index is 465. The van der Waals surface area contributed by atoms with Crippen molar-refractivity contribution in [1.82, 2.24) is 0 Å². The highest BCUT2D eigenvalue weighted by atomic mass is 16.5. The molecule has 0 fully saturated rings. The zero-order valence-corrected chi connectivity index (χ0v) is 10.5. The molecule has 0 amide bonds.